The van der Waals surface area contributed by atoms with Crippen molar-refractivity contribution in [3.8, 4) is 0 Å². The molecule has 1 N–H and O–H groups in total. The van der Waals surface area contributed by atoms with Crippen LogP contribution < -0.4 is 5.32 Å². The molecule has 80 valence electrons. The average Bonchev–Trinajstić information content (AvgIpc) is 2.61. The summed E-state index contributed by atoms with van der Waals surface area (Å²) in [5.74, 6) is 3.09. The van der Waals surface area contributed by atoms with Gasteiger partial charge in [0, 0.05) is 0 Å². The molecule has 2 nitrogen and oxygen atoms in total. The first-order chi connectivity index (χ1) is 6.86. The van der Waals surface area contributed by atoms with Crippen LogP contribution in [0.5, 0.6) is 0 Å². The van der Waals surface area contributed by atoms with Gasteiger partial charge in [-0.1, -0.05) is 13.3 Å². The molecule has 1 aromatic rings. The Labute approximate surface area is 90.5 Å². The van der Waals surface area contributed by atoms with Crippen LogP contribution in [0.3, 0.4) is 0 Å². The topological polar surface area (TPSA) is 25.2 Å². The van der Waals surface area contributed by atoms with Crippen molar-refractivity contribution in [3.63, 3.8) is 0 Å². The maximum atomic E-state index is 5.62. The van der Waals surface area contributed by atoms with E-state index < -0.39 is 0 Å². The summed E-state index contributed by atoms with van der Waals surface area (Å²) in [5.41, 5.74) is 0. The van der Waals surface area contributed by atoms with Crippen LogP contribution in [0.15, 0.2) is 16.5 Å². The third-order valence-electron chi connectivity index (χ3n) is 2.01. The molecule has 0 aliphatic carbocycles. The normalized spacial score (nSPS) is 10.7. The molecule has 0 saturated carbocycles. The Morgan fingerprint density at radius 2 is 2.14 bits per heavy atom. The molecule has 0 aromatic carbocycles. The molecule has 1 rings (SSSR count). The lowest BCUT2D eigenvalue weighted by Gasteiger charge is -2.00. The molecule has 0 fully saturated rings. The van der Waals surface area contributed by atoms with Crippen LogP contribution in [-0.2, 0) is 12.3 Å². The maximum absolute atomic E-state index is 5.62. The smallest absolute Gasteiger partial charge is 0.117 e. The molecule has 0 radical (unpaired) electrons. The quantitative estimate of drug-likeness (QED) is 0.705. The van der Waals surface area contributed by atoms with E-state index in [-0.39, 0.29) is 0 Å². The average molecular weight is 213 g/mol. The number of hydrogen-bond acceptors (Lipinski definition) is 3. The van der Waals surface area contributed by atoms with Crippen LogP contribution in [0.4, 0.5) is 0 Å². The summed E-state index contributed by atoms with van der Waals surface area (Å²) < 4.78 is 5.62. The Hall–Kier alpha value is -0.410. The van der Waals surface area contributed by atoms with E-state index in [1.165, 1.54) is 12.8 Å². The van der Waals surface area contributed by atoms with Gasteiger partial charge in [0.1, 0.15) is 11.5 Å². The fraction of sp³-hybridized carbons (Fsp3) is 0.636. The first-order valence-corrected chi connectivity index (χ1v) is 6.53. The Bertz CT molecular complexity index is 247. The fourth-order valence-electron chi connectivity index (χ4n) is 1.25. The second kappa shape index (κ2) is 6.96. The summed E-state index contributed by atoms with van der Waals surface area (Å²) in [6.45, 7) is 4.13. The molecule has 0 unspecified atom stereocenters. The number of thioether (sulfide) groups is 1. The Morgan fingerprint density at radius 1 is 1.36 bits per heavy atom. The zero-order valence-corrected chi connectivity index (χ0v) is 9.82. The number of hydrogen-bond donors (Lipinski definition) is 1. The van der Waals surface area contributed by atoms with Gasteiger partial charge in [-0.05, 0) is 31.4 Å². The number of unbranched alkanes of at least 4 members (excludes halogenated alkanes) is 1. The van der Waals surface area contributed by atoms with Crippen LogP contribution in [0.25, 0.3) is 0 Å². The van der Waals surface area contributed by atoms with E-state index in [1.807, 2.05) is 0 Å². The molecule has 0 bridgehead atoms. The first-order valence-electron chi connectivity index (χ1n) is 5.14. The summed E-state index contributed by atoms with van der Waals surface area (Å²) in [6.07, 6.45) is 4.56. The van der Waals surface area contributed by atoms with Gasteiger partial charge >= 0.3 is 0 Å². The molecule has 3 heteroatoms. The molecule has 14 heavy (non-hydrogen) atoms. The van der Waals surface area contributed by atoms with Crippen LogP contribution in [-0.4, -0.2) is 12.8 Å². The highest BCUT2D eigenvalue weighted by Crippen LogP contribution is 2.13. The highest BCUT2D eigenvalue weighted by atomic mass is 32.2. The minimum absolute atomic E-state index is 0.856. The molecule has 1 aromatic heterocycles. The third kappa shape index (κ3) is 4.20. The Morgan fingerprint density at radius 3 is 2.86 bits per heavy atom. The van der Waals surface area contributed by atoms with E-state index in [4.69, 9.17) is 4.42 Å². The van der Waals surface area contributed by atoms with Crippen LogP contribution in [0.2, 0.25) is 0 Å². The van der Waals surface area contributed by atoms with E-state index in [9.17, 15) is 0 Å². The molecule has 1 heterocycles. The van der Waals surface area contributed by atoms with Gasteiger partial charge in [0.2, 0.25) is 0 Å². The lowest BCUT2D eigenvalue weighted by atomic mass is 10.3. The van der Waals surface area contributed by atoms with Gasteiger partial charge in [0.15, 0.2) is 0 Å². The van der Waals surface area contributed by atoms with E-state index in [0.29, 0.717) is 0 Å². The highest BCUT2D eigenvalue weighted by molar-refractivity contribution is 7.97. The molecule has 0 spiro atoms. The van der Waals surface area contributed by atoms with Crippen molar-refractivity contribution in [2.24, 2.45) is 0 Å². The fourth-order valence-corrected chi connectivity index (χ4v) is 1.69. The van der Waals surface area contributed by atoms with E-state index in [0.717, 1.165) is 30.4 Å². The Balaban J connectivity index is 2.22. The van der Waals surface area contributed by atoms with Crippen molar-refractivity contribution >= 4 is 11.8 Å². The first kappa shape index (κ1) is 11.7. The van der Waals surface area contributed by atoms with Gasteiger partial charge in [-0.3, -0.25) is 0 Å². The lowest BCUT2D eigenvalue weighted by molar-refractivity contribution is 0.458. The summed E-state index contributed by atoms with van der Waals surface area (Å²) in [7, 11) is 0. The van der Waals surface area contributed by atoms with Crippen molar-refractivity contribution in [2.45, 2.75) is 32.1 Å². The summed E-state index contributed by atoms with van der Waals surface area (Å²) in [6, 6.07) is 4.12. The second-order valence-corrected chi connectivity index (χ2v) is 4.20. The van der Waals surface area contributed by atoms with Gasteiger partial charge in [-0.25, -0.2) is 0 Å². The van der Waals surface area contributed by atoms with Crippen LogP contribution in [0, 0.1) is 0 Å². The molecule has 0 saturated heterocycles. The molecular weight excluding hydrogens is 194 g/mol. The van der Waals surface area contributed by atoms with Gasteiger partial charge in [0.05, 0.1) is 12.3 Å². The van der Waals surface area contributed by atoms with Gasteiger partial charge in [-0.15, -0.1) is 0 Å². The predicted octanol–water partition coefficient (Wildman–Crippen LogP) is 3.03. The predicted molar refractivity (Wildman–Crippen MR) is 62.5 cm³/mol. The number of nitrogens with one attached hydrogen (secondary N) is 1. The largest absolute Gasteiger partial charge is 0.464 e. The van der Waals surface area contributed by atoms with Crippen LogP contribution >= 0.6 is 11.8 Å². The maximum Gasteiger partial charge on any atom is 0.117 e. The zero-order chi connectivity index (χ0) is 10.2. The lowest BCUT2D eigenvalue weighted by Crippen LogP contribution is -2.13. The zero-order valence-electron chi connectivity index (χ0n) is 9.01. The van der Waals surface area contributed by atoms with E-state index in [1.54, 1.807) is 11.8 Å². The van der Waals surface area contributed by atoms with E-state index >= 15 is 0 Å². The molecule has 0 aliphatic rings. The molecule has 0 aliphatic heterocycles. The van der Waals surface area contributed by atoms with Gasteiger partial charge < -0.3 is 9.73 Å². The highest BCUT2D eigenvalue weighted by Gasteiger charge is 2.00. The van der Waals surface area contributed by atoms with Crippen molar-refractivity contribution in [2.75, 3.05) is 12.8 Å². The number of rotatable bonds is 7. The molecule has 0 amide bonds. The van der Waals surface area contributed by atoms with Crippen molar-refractivity contribution in [1.29, 1.82) is 0 Å². The van der Waals surface area contributed by atoms with Crippen molar-refractivity contribution in [1.82, 2.24) is 5.32 Å². The van der Waals surface area contributed by atoms with Crippen molar-refractivity contribution < 1.29 is 4.42 Å². The minimum Gasteiger partial charge on any atom is -0.464 e. The third-order valence-corrected chi connectivity index (χ3v) is 2.58. The van der Waals surface area contributed by atoms with E-state index in [2.05, 4.69) is 30.6 Å². The monoisotopic (exact) mass is 213 g/mol. The summed E-state index contributed by atoms with van der Waals surface area (Å²) in [5, 5.41) is 3.36. The van der Waals surface area contributed by atoms with Gasteiger partial charge in [0.25, 0.3) is 0 Å². The number of furan rings is 1. The standard InChI is InChI=1S/C11H19NOS/c1-3-4-7-12-8-10-5-6-11(13-10)9-14-2/h5-6,12H,3-4,7-9H2,1-2H3. The second-order valence-electron chi connectivity index (χ2n) is 3.33. The molecular formula is C11H19NOS. The Kier molecular flexibility index (Phi) is 5.80. The summed E-state index contributed by atoms with van der Waals surface area (Å²) >= 11 is 1.79. The minimum atomic E-state index is 0.856. The summed E-state index contributed by atoms with van der Waals surface area (Å²) in [4.78, 5) is 0. The van der Waals surface area contributed by atoms with Gasteiger partial charge in [-0.2, -0.15) is 11.8 Å². The van der Waals surface area contributed by atoms with Crippen LogP contribution in [0.1, 0.15) is 31.3 Å². The SMILES string of the molecule is CCCCNCc1ccc(CSC)o1. The van der Waals surface area contributed by atoms with Crippen molar-refractivity contribution in [3.05, 3.63) is 23.7 Å². The molecule has 0 atom stereocenters.